The number of aryl methyl sites for hydroxylation is 1. The summed E-state index contributed by atoms with van der Waals surface area (Å²) in [5, 5.41) is 6.53. The fourth-order valence-electron chi connectivity index (χ4n) is 1.07. The smallest absolute Gasteiger partial charge is 0.260 e. The molecule has 2 aromatic rings. The first-order valence-electron chi connectivity index (χ1n) is 4.18. The lowest BCUT2D eigenvalue weighted by molar-refractivity contribution is 0.102. The van der Waals surface area contributed by atoms with Crippen molar-refractivity contribution in [3.63, 3.8) is 0 Å². The minimum atomic E-state index is -0.218. The molecule has 2 rings (SSSR count). The van der Waals surface area contributed by atoms with Crippen LogP contribution in [0.2, 0.25) is 0 Å². The number of aromatic nitrogens is 3. The predicted octanol–water partition coefficient (Wildman–Crippen LogP) is 2.65. The summed E-state index contributed by atoms with van der Waals surface area (Å²) < 4.78 is 3.16. The number of nitrogens with zero attached hydrogens (tertiary/aromatic N) is 3. The Bertz CT molecular complexity index is 536. The molecule has 16 heavy (non-hydrogen) atoms. The summed E-state index contributed by atoms with van der Waals surface area (Å²) in [4.78, 5) is 15.8. The summed E-state index contributed by atoms with van der Waals surface area (Å²) in [6.45, 7) is 0. The van der Waals surface area contributed by atoms with Crippen molar-refractivity contribution in [1.82, 2.24) is 14.8 Å². The third-order valence-electron chi connectivity index (χ3n) is 1.84. The Labute approximate surface area is 112 Å². The van der Waals surface area contributed by atoms with Crippen molar-refractivity contribution in [2.75, 3.05) is 5.32 Å². The minimum Gasteiger partial charge on any atom is -0.291 e. The molecule has 2 heterocycles. The van der Waals surface area contributed by atoms with Crippen LogP contribution >= 0.6 is 43.2 Å². The highest BCUT2D eigenvalue weighted by Crippen LogP contribution is 2.32. The molecule has 0 atom stereocenters. The Morgan fingerprint density at radius 2 is 2.31 bits per heavy atom. The van der Waals surface area contributed by atoms with Gasteiger partial charge in [-0.1, -0.05) is 0 Å². The quantitative estimate of drug-likeness (QED) is 0.889. The van der Waals surface area contributed by atoms with E-state index in [9.17, 15) is 4.79 Å². The number of carbonyl (C=O) groups is 1. The van der Waals surface area contributed by atoms with E-state index in [0.717, 1.165) is 7.57 Å². The number of hydrogen-bond donors (Lipinski definition) is 1. The van der Waals surface area contributed by atoms with Crippen LogP contribution in [-0.2, 0) is 7.05 Å². The lowest BCUT2D eigenvalue weighted by Gasteiger charge is -2.02. The largest absolute Gasteiger partial charge is 0.291 e. The molecule has 84 valence electrons. The molecule has 0 spiro atoms. The van der Waals surface area contributed by atoms with E-state index in [1.54, 1.807) is 13.1 Å². The third kappa shape index (κ3) is 2.33. The average Bonchev–Trinajstić information content (AvgIpc) is 2.74. The van der Waals surface area contributed by atoms with Gasteiger partial charge in [0.05, 0.1) is 13.1 Å². The Balaban J connectivity index is 2.21. The second-order valence-electron chi connectivity index (χ2n) is 2.90. The fourth-order valence-corrected chi connectivity index (χ4v) is 3.87. The van der Waals surface area contributed by atoms with Gasteiger partial charge in [-0.2, -0.15) is 10.1 Å². The number of hydrogen-bond acceptors (Lipinski definition) is 4. The zero-order valence-electron chi connectivity index (χ0n) is 8.07. The van der Waals surface area contributed by atoms with E-state index in [2.05, 4.69) is 47.3 Å². The fraction of sp³-hybridized carbons (Fsp3) is 0.125. The number of amides is 1. The zero-order chi connectivity index (χ0) is 11.7. The molecular formula is C8H6Br2N4OS. The van der Waals surface area contributed by atoms with Crippen LogP contribution in [0.1, 0.15) is 10.4 Å². The first-order valence-corrected chi connectivity index (χ1v) is 6.58. The van der Waals surface area contributed by atoms with Crippen molar-refractivity contribution < 1.29 is 4.79 Å². The predicted molar refractivity (Wildman–Crippen MR) is 68.7 cm³/mol. The number of nitrogens with one attached hydrogen (secondary N) is 1. The topological polar surface area (TPSA) is 59.8 Å². The van der Waals surface area contributed by atoms with Crippen molar-refractivity contribution in [2.45, 2.75) is 0 Å². The average molecular weight is 366 g/mol. The monoisotopic (exact) mass is 364 g/mol. The molecule has 5 nitrogen and oxygen atoms in total. The van der Waals surface area contributed by atoms with Gasteiger partial charge in [0.1, 0.15) is 6.33 Å². The Morgan fingerprint density at radius 3 is 2.81 bits per heavy atom. The molecular weight excluding hydrogens is 360 g/mol. The highest BCUT2D eigenvalue weighted by molar-refractivity contribution is 9.12. The maximum absolute atomic E-state index is 11.9. The molecule has 1 N–H and O–H groups in total. The van der Waals surface area contributed by atoms with Gasteiger partial charge in [-0.3, -0.25) is 10.1 Å². The van der Waals surface area contributed by atoms with E-state index in [1.807, 2.05) is 0 Å². The van der Waals surface area contributed by atoms with Crippen LogP contribution < -0.4 is 5.32 Å². The van der Waals surface area contributed by atoms with E-state index < -0.39 is 0 Å². The van der Waals surface area contributed by atoms with Crippen LogP contribution in [0.15, 0.2) is 20.0 Å². The van der Waals surface area contributed by atoms with Crippen molar-refractivity contribution >= 4 is 55.1 Å². The Kier molecular flexibility index (Phi) is 3.41. The van der Waals surface area contributed by atoms with E-state index >= 15 is 0 Å². The van der Waals surface area contributed by atoms with Gasteiger partial charge in [0, 0.05) is 7.05 Å². The summed E-state index contributed by atoms with van der Waals surface area (Å²) in [6, 6.07) is 1.75. The van der Waals surface area contributed by atoms with E-state index in [1.165, 1.54) is 22.3 Å². The van der Waals surface area contributed by atoms with Crippen molar-refractivity contribution in [2.24, 2.45) is 7.05 Å². The highest BCUT2D eigenvalue weighted by atomic mass is 79.9. The maximum Gasteiger partial charge on any atom is 0.260 e. The van der Waals surface area contributed by atoms with Crippen LogP contribution in [0.25, 0.3) is 0 Å². The molecule has 2 aromatic heterocycles. The van der Waals surface area contributed by atoms with Crippen LogP contribution in [0.3, 0.4) is 0 Å². The molecule has 8 heteroatoms. The van der Waals surface area contributed by atoms with Gasteiger partial charge in [-0.15, -0.1) is 11.3 Å². The Morgan fingerprint density at radius 1 is 1.56 bits per heavy atom. The highest BCUT2D eigenvalue weighted by Gasteiger charge is 2.15. The number of anilines is 1. The number of halogens is 2. The first-order chi connectivity index (χ1) is 7.58. The van der Waals surface area contributed by atoms with E-state index in [0.29, 0.717) is 11.5 Å². The second-order valence-corrected chi connectivity index (χ2v) is 6.65. The number of rotatable bonds is 2. The van der Waals surface area contributed by atoms with Gasteiger partial charge in [-0.25, -0.2) is 4.68 Å². The summed E-state index contributed by atoms with van der Waals surface area (Å²) >= 11 is 8.09. The van der Waals surface area contributed by atoms with Crippen LogP contribution in [0.4, 0.5) is 5.95 Å². The second kappa shape index (κ2) is 4.64. The van der Waals surface area contributed by atoms with Gasteiger partial charge in [0.2, 0.25) is 5.95 Å². The van der Waals surface area contributed by atoms with Crippen molar-refractivity contribution in [1.29, 1.82) is 0 Å². The molecule has 0 bridgehead atoms. The first kappa shape index (κ1) is 11.7. The number of carbonyl (C=O) groups excluding carboxylic acids is 1. The third-order valence-corrected chi connectivity index (χ3v) is 4.18. The van der Waals surface area contributed by atoms with Gasteiger partial charge in [0.15, 0.2) is 0 Å². The minimum absolute atomic E-state index is 0.218. The lowest BCUT2D eigenvalue weighted by Crippen LogP contribution is -2.15. The molecule has 0 aliphatic heterocycles. The molecule has 0 saturated carbocycles. The standard InChI is InChI=1S/C8H6Br2N4OS/c1-14-8(11-3-12-14)13-7(15)4-2-5(9)16-6(4)10/h2-3H,1H3,(H,11,12,13,15). The molecule has 0 aliphatic carbocycles. The summed E-state index contributed by atoms with van der Waals surface area (Å²) in [6.07, 6.45) is 1.38. The van der Waals surface area contributed by atoms with Crippen molar-refractivity contribution in [3.05, 3.63) is 25.5 Å². The molecule has 0 fully saturated rings. The van der Waals surface area contributed by atoms with Crippen LogP contribution in [0, 0.1) is 0 Å². The normalized spacial score (nSPS) is 10.4. The maximum atomic E-state index is 11.9. The summed E-state index contributed by atoms with van der Waals surface area (Å²) in [5.74, 6) is 0.198. The Hall–Kier alpha value is -0.730. The molecule has 0 aliphatic rings. The molecule has 1 amide bonds. The van der Waals surface area contributed by atoms with Gasteiger partial charge >= 0.3 is 0 Å². The van der Waals surface area contributed by atoms with E-state index in [4.69, 9.17) is 0 Å². The lowest BCUT2D eigenvalue weighted by atomic mass is 10.3. The van der Waals surface area contributed by atoms with Crippen molar-refractivity contribution in [3.8, 4) is 0 Å². The molecule has 0 radical (unpaired) electrons. The van der Waals surface area contributed by atoms with Gasteiger partial charge < -0.3 is 0 Å². The SMILES string of the molecule is Cn1ncnc1NC(=O)c1cc(Br)sc1Br. The van der Waals surface area contributed by atoms with Gasteiger partial charge in [0.25, 0.3) is 5.91 Å². The molecule has 0 saturated heterocycles. The molecule has 0 unspecified atom stereocenters. The van der Waals surface area contributed by atoms with Crippen LogP contribution in [0.5, 0.6) is 0 Å². The zero-order valence-corrected chi connectivity index (χ0v) is 12.1. The van der Waals surface area contributed by atoms with Crippen LogP contribution in [-0.4, -0.2) is 20.7 Å². The van der Waals surface area contributed by atoms with Gasteiger partial charge in [-0.05, 0) is 37.9 Å². The van der Waals surface area contributed by atoms with E-state index in [-0.39, 0.29) is 5.91 Å². The summed E-state index contributed by atoms with van der Waals surface area (Å²) in [5.41, 5.74) is 0.569. The molecule has 0 aromatic carbocycles. The number of thiophene rings is 1. The summed E-state index contributed by atoms with van der Waals surface area (Å²) in [7, 11) is 1.71.